The van der Waals surface area contributed by atoms with Crippen LogP contribution >= 0.6 is 0 Å². The number of hydrogen-bond acceptors (Lipinski definition) is 6. The van der Waals surface area contributed by atoms with Gasteiger partial charge >= 0.3 is 5.97 Å². The molecule has 0 saturated heterocycles. The number of aromatic hydroxyl groups is 1. The SMILES string of the molecule is COC(=O)c1ccc(NC(=O)/C=C/c2cccc([N+](=O)[O-])c2)c(O)c1. The van der Waals surface area contributed by atoms with Gasteiger partial charge in [-0.15, -0.1) is 0 Å². The maximum absolute atomic E-state index is 11.9. The van der Waals surface area contributed by atoms with Gasteiger partial charge in [0, 0.05) is 18.2 Å². The summed E-state index contributed by atoms with van der Waals surface area (Å²) in [4.78, 5) is 33.4. The first-order valence-electron chi connectivity index (χ1n) is 7.05. The predicted molar refractivity (Wildman–Crippen MR) is 90.2 cm³/mol. The number of hydrogen-bond donors (Lipinski definition) is 2. The van der Waals surface area contributed by atoms with Gasteiger partial charge in [0.1, 0.15) is 5.75 Å². The molecule has 8 heteroatoms. The average Bonchev–Trinajstić information content (AvgIpc) is 2.61. The zero-order chi connectivity index (χ0) is 18.4. The Morgan fingerprint density at radius 2 is 2.00 bits per heavy atom. The van der Waals surface area contributed by atoms with Gasteiger partial charge in [0.05, 0.1) is 23.3 Å². The summed E-state index contributed by atoms with van der Waals surface area (Å²) in [5.74, 6) is -1.45. The van der Waals surface area contributed by atoms with Crippen LogP contribution in [0.2, 0.25) is 0 Å². The number of carbonyl (C=O) groups excluding carboxylic acids is 2. The Hall–Kier alpha value is -3.68. The maximum atomic E-state index is 11.9. The van der Waals surface area contributed by atoms with Crippen LogP contribution in [0.5, 0.6) is 5.75 Å². The summed E-state index contributed by atoms with van der Waals surface area (Å²) in [6.07, 6.45) is 2.58. The van der Waals surface area contributed by atoms with Gasteiger partial charge in [-0.1, -0.05) is 12.1 Å². The molecule has 25 heavy (non-hydrogen) atoms. The summed E-state index contributed by atoms with van der Waals surface area (Å²) in [6, 6.07) is 9.72. The zero-order valence-electron chi connectivity index (χ0n) is 13.1. The molecule has 1 amide bonds. The number of carbonyl (C=O) groups is 2. The first-order chi connectivity index (χ1) is 11.9. The molecule has 0 atom stereocenters. The average molecular weight is 342 g/mol. The van der Waals surface area contributed by atoms with Crippen molar-refractivity contribution in [1.82, 2.24) is 0 Å². The number of esters is 1. The molecule has 2 N–H and O–H groups in total. The van der Waals surface area contributed by atoms with E-state index in [0.717, 1.165) is 0 Å². The molecule has 2 aromatic carbocycles. The normalized spacial score (nSPS) is 10.4. The van der Waals surface area contributed by atoms with Gasteiger partial charge in [-0.05, 0) is 29.8 Å². The topological polar surface area (TPSA) is 119 Å². The molecule has 0 aliphatic heterocycles. The van der Waals surface area contributed by atoms with Crippen LogP contribution in [0.1, 0.15) is 15.9 Å². The van der Waals surface area contributed by atoms with Crippen molar-refractivity contribution in [2.75, 3.05) is 12.4 Å². The van der Waals surface area contributed by atoms with E-state index in [9.17, 15) is 24.8 Å². The third-order valence-electron chi connectivity index (χ3n) is 3.18. The lowest BCUT2D eigenvalue weighted by Crippen LogP contribution is -2.08. The number of ether oxygens (including phenoxy) is 1. The largest absolute Gasteiger partial charge is 0.506 e. The van der Waals surface area contributed by atoms with Gasteiger partial charge in [-0.3, -0.25) is 14.9 Å². The number of non-ortho nitro benzene ring substituents is 1. The quantitative estimate of drug-likeness (QED) is 0.283. The molecule has 0 fully saturated rings. The van der Waals surface area contributed by atoms with Gasteiger partial charge in [-0.25, -0.2) is 4.79 Å². The number of methoxy groups -OCH3 is 1. The smallest absolute Gasteiger partial charge is 0.337 e. The van der Waals surface area contributed by atoms with Crippen LogP contribution in [0, 0.1) is 10.1 Å². The minimum Gasteiger partial charge on any atom is -0.506 e. The number of rotatable bonds is 5. The highest BCUT2D eigenvalue weighted by Crippen LogP contribution is 2.24. The fourth-order valence-electron chi connectivity index (χ4n) is 1.97. The fraction of sp³-hybridized carbons (Fsp3) is 0.0588. The summed E-state index contributed by atoms with van der Waals surface area (Å²) < 4.78 is 4.53. The minimum absolute atomic E-state index is 0.0846. The molecular formula is C17H14N2O6. The van der Waals surface area contributed by atoms with Gasteiger partial charge in [-0.2, -0.15) is 0 Å². The van der Waals surface area contributed by atoms with Crippen LogP contribution in [0.25, 0.3) is 6.08 Å². The molecular weight excluding hydrogens is 328 g/mol. The minimum atomic E-state index is -0.612. The number of phenols is 1. The second-order valence-corrected chi connectivity index (χ2v) is 4.90. The zero-order valence-corrected chi connectivity index (χ0v) is 13.1. The second-order valence-electron chi connectivity index (χ2n) is 4.90. The van der Waals surface area contributed by atoms with Crippen molar-refractivity contribution >= 4 is 29.3 Å². The van der Waals surface area contributed by atoms with Crippen LogP contribution in [0.3, 0.4) is 0 Å². The molecule has 0 radical (unpaired) electrons. The molecule has 8 nitrogen and oxygen atoms in total. The van der Waals surface area contributed by atoms with E-state index in [2.05, 4.69) is 10.1 Å². The van der Waals surface area contributed by atoms with E-state index in [1.165, 1.54) is 55.7 Å². The Morgan fingerprint density at radius 3 is 2.64 bits per heavy atom. The molecule has 0 spiro atoms. The van der Waals surface area contributed by atoms with Crippen molar-refractivity contribution in [3.63, 3.8) is 0 Å². The standard InChI is InChI=1S/C17H14N2O6/c1-25-17(22)12-6-7-14(15(20)10-12)18-16(21)8-5-11-3-2-4-13(9-11)19(23)24/h2-10,20H,1H3,(H,18,21)/b8-5+. The van der Waals surface area contributed by atoms with Crippen LogP contribution in [-0.4, -0.2) is 29.0 Å². The van der Waals surface area contributed by atoms with Crippen molar-refractivity contribution in [3.05, 3.63) is 69.8 Å². The van der Waals surface area contributed by atoms with Gasteiger partial charge < -0.3 is 15.2 Å². The summed E-state index contributed by atoms with van der Waals surface area (Å²) in [5, 5.41) is 23.0. The molecule has 0 aliphatic carbocycles. The third-order valence-corrected chi connectivity index (χ3v) is 3.18. The van der Waals surface area contributed by atoms with Crippen molar-refractivity contribution in [3.8, 4) is 5.75 Å². The van der Waals surface area contributed by atoms with E-state index in [-0.39, 0.29) is 22.7 Å². The van der Waals surface area contributed by atoms with Gasteiger partial charge in [0.15, 0.2) is 0 Å². The van der Waals surface area contributed by atoms with Crippen LogP contribution in [-0.2, 0) is 9.53 Å². The van der Waals surface area contributed by atoms with E-state index in [1.54, 1.807) is 6.07 Å². The number of benzene rings is 2. The Bertz CT molecular complexity index is 860. The lowest BCUT2D eigenvalue weighted by Gasteiger charge is -2.06. The second kappa shape index (κ2) is 7.73. The van der Waals surface area contributed by atoms with E-state index in [0.29, 0.717) is 5.56 Å². The van der Waals surface area contributed by atoms with Crippen molar-refractivity contribution in [2.45, 2.75) is 0 Å². The number of nitrogens with one attached hydrogen (secondary N) is 1. The Kier molecular flexibility index (Phi) is 5.47. The van der Waals surface area contributed by atoms with Crippen molar-refractivity contribution < 1.29 is 24.4 Å². The molecule has 2 rings (SSSR count). The highest BCUT2D eigenvalue weighted by molar-refractivity contribution is 6.03. The van der Waals surface area contributed by atoms with Crippen LogP contribution in [0.15, 0.2) is 48.5 Å². The lowest BCUT2D eigenvalue weighted by molar-refractivity contribution is -0.384. The van der Waals surface area contributed by atoms with Gasteiger partial charge in [0.25, 0.3) is 5.69 Å². The summed E-state index contributed by atoms with van der Waals surface area (Å²) in [6.45, 7) is 0. The highest BCUT2D eigenvalue weighted by atomic mass is 16.6. The highest BCUT2D eigenvalue weighted by Gasteiger charge is 2.10. The fourth-order valence-corrected chi connectivity index (χ4v) is 1.97. The van der Waals surface area contributed by atoms with E-state index < -0.39 is 16.8 Å². The predicted octanol–water partition coefficient (Wildman–Crippen LogP) is 2.74. The Balaban J connectivity index is 2.08. The number of amides is 1. The Labute approximate surface area is 142 Å². The Morgan fingerprint density at radius 1 is 1.24 bits per heavy atom. The lowest BCUT2D eigenvalue weighted by atomic mass is 10.1. The monoisotopic (exact) mass is 342 g/mol. The molecule has 0 aromatic heterocycles. The molecule has 0 heterocycles. The van der Waals surface area contributed by atoms with E-state index >= 15 is 0 Å². The maximum Gasteiger partial charge on any atom is 0.337 e. The molecule has 2 aromatic rings. The number of nitrogens with zero attached hydrogens (tertiary/aromatic N) is 1. The number of nitro benzene ring substituents is 1. The summed E-state index contributed by atoms with van der Waals surface area (Å²) >= 11 is 0. The molecule has 0 bridgehead atoms. The van der Waals surface area contributed by atoms with E-state index in [4.69, 9.17) is 0 Å². The third kappa shape index (κ3) is 4.64. The number of anilines is 1. The summed E-state index contributed by atoms with van der Waals surface area (Å²) in [7, 11) is 1.22. The molecule has 0 saturated carbocycles. The van der Waals surface area contributed by atoms with Crippen LogP contribution < -0.4 is 5.32 Å². The number of phenolic OH excluding ortho intramolecular Hbond substituents is 1. The first kappa shape index (κ1) is 17.7. The van der Waals surface area contributed by atoms with Crippen LogP contribution in [0.4, 0.5) is 11.4 Å². The van der Waals surface area contributed by atoms with Crippen molar-refractivity contribution in [2.24, 2.45) is 0 Å². The number of nitro groups is 1. The molecule has 128 valence electrons. The summed E-state index contributed by atoms with van der Waals surface area (Å²) in [5.41, 5.74) is 0.652. The van der Waals surface area contributed by atoms with Crippen molar-refractivity contribution in [1.29, 1.82) is 0 Å². The molecule has 0 aliphatic rings. The first-order valence-corrected chi connectivity index (χ1v) is 7.05. The van der Waals surface area contributed by atoms with Gasteiger partial charge in [0.2, 0.25) is 5.91 Å². The molecule has 0 unspecified atom stereocenters. The van der Waals surface area contributed by atoms with E-state index in [1.807, 2.05) is 0 Å².